The van der Waals surface area contributed by atoms with Crippen molar-refractivity contribution < 1.29 is 14.6 Å². The molecule has 6 nitrogen and oxygen atoms in total. The van der Waals surface area contributed by atoms with Crippen molar-refractivity contribution in [1.29, 1.82) is 0 Å². The van der Waals surface area contributed by atoms with E-state index in [2.05, 4.69) is 17.1 Å². The molecule has 2 fully saturated rings. The molecule has 3 aromatic rings. The van der Waals surface area contributed by atoms with Crippen molar-refractivity contribution in [2.24, 2.45) is 5.92 Å². The van der Waals surface area contributed by atoms with E-state index in [0.29, 0.717) is 25.3 Å². The van der Waals surface area contributed by atoms with E-state index in [1.807, 2.05) is 53.4 Å². The Morgan fingerprint density at radius 3 is 2.37 bits per heavy atom. The Morgan fingerprint density at radius 2 is 1.77 bits per heavy atom. The van der Waals surface area contributed by atoms with Crippen molar-refractivity contribution in [2.75, 3.05) is 6.54 Å². The Balaban J connectivity index is 1.41. The van der Waals surface area contributed by atoms with Crippen LogP contribution in [-0.2, 0) is 10.3 Å². The molecule has 2 atom stereocenters. The molecule has 1 aliphatic carbocycles. The number of amides is 1. The molecule has 6 heteroatoms. The molecule has 2 N–H and O–H groups in total. The molecule has 0 spiro atoms. The highest BCUT2D eigenvalue weighted by Gasteiger charge is 2.49. The standard InChI is InChI=1S/C29H32N2O4/c1-28(2,34)19-29(24-6-4-3-5-7-24)15-17-31(27(33)35-29)26(22-12-13-22)21-10-8-20(9-11-21)23-14-16-30-25(32)18-23/h3-11,14,16,18,22,26,34H,12-13,15,17,19H2,1-2H3,(H,30,32)/t26-,29+/m1/s1. The molecule has 0 radical (unpaired) electrons. The largest absolute Gasteiger partial charge is 0.438 e. The van der Waals surface area contributed by atoms with E-state index in [4.69, 9.17) is 4.74 Å². The number of benzene rings is 2. The van der Waals surface area contributed by atoms with E-state index in [-0.39, 0.29) is 17.7 Å². The van der Waals surface area contributed by atoms with Crippen LogP contribution in [0.1, 0.15) is 56.7 Å². The molecule has 0 unspecified atom stereocenters. The smallest absolute Gasteiger partial charge is 0.411 e. The van der Waals surface area contributed by atoms with Gasteiger partial charge in [0.25, 0.3) is 0 Å². The number of H-pyrrole nitrogens is 1. The van der Waals surface area contributed by atoms with Crippen LogP contribution in [0.15, 0.2) is 77.7 Å². The minimum absolute atomic E-state index is 0.0494. The van der Waals surface area contributed by atoms with Crippen LogP contribution < -0.4 is 5.56 Å². The van der Waals surface area contributed by atoms with Gasteiger partial charge in [-0.1, -0.05) is 54.6 Å². The first-order valence-corrected chi connectivity index (χ1v) is 12.3. The Labute approximate surface area is 205 Å². The van der Waals surface area contributed by atoms with Gasteiger partial charge in [0.05, 0.1) is 11.6 Å². The number of rotatable bonds is 7. The van der Waals surface area contributed by atoms with E-state index >= 15 is 0 Å². The van der Waals surface area contributed by atoms with Crippen molar-refractivity contribution in [2.45, 2.75) is 56.8 Å². The highest BCUT2D eigenvalue weighted by Crippen LogP contribution is 2.48. The molecular formula is C29H32N2O4. The first kappa shape index (κ1) is 23.4. The zero-order valence-electron chi connectivity index (χ0n) is 20.2. The number of carbonyl (C=O) groups is 1. The molecule has 35 heavy (non-hydrogen) atoms. The maximum absolute atomic E-state index is 13.5. The van der Waals surface area contributed by atoms with Crippen molar-refractivity contribution >= 4 is 6.09 Å². The van der Waals surface area contributed by atoms with Crippen LogP contribution in [0, 0.1) is 5.92 Å². The minimum atomic E-state index is -0.983. The second-order valence-corrected chi connectivity index (χ2v) is 10.5. The van der Waals surface area contributed by atoms with E-state index < -0.39 is 11.2 Å². The summed E-state index contributed by atoms with van der Waals surface area (Å²) in [6, 6.07) is 21.3. The summed E-state index contributed by atoms with van der Waals surface area (Å²) in [5.41, 5.74) is 1.84. The molecule has 1 amide bonds. The Kier molecular flexibility index (Phi) is 6.01. The zero-order valence-corrected chi connectivity index (χ0v) is 20.2. The molecule has 1 aromatic heterocycles. The lowest BCUT2D eigenvalue weighted by molar-refractivity contribution is -0.103. The maximum Gasteiger partial charge on any atom is 0.411 e. The summed E-state index contributed by atoms with van der Waals surface area (Å²) >= 11 is 0. The number of hydrogen-bond acceptors (Lipinski definition) is 4. The minimum Gasteiger partial charge on any atom is -0.438 e. The van der Waals surface area contributed by atoms with E-state index in [0.717, 1.165) is 35.1 Å². The number of pyridine rings is 1. The van der Waals surface area contributed by atoms with E-state index in [9.17, 15) is 14.7 Å². The van der Waals surface area contributed by atoms with Crippen molar-refractivity contribution in [3.05, 3.63) is 94.4 Å². The first-order chi connectivity index (χ1) is 16.7. The van der Waals surface area contributed by atoms with E-state index in [1.165, 1.54) is 0 Å². The molecule has 1 aliphatic heterocycles. The Morgan fingerprint density at radius 1 is 1.06 bits per heavy atom. The molecular weight excluding hydrogens is 440 g/mol. The van der Waals surface area contributed by atoms with Gasteiger partial charge in [-0.25, -0.2) is 4.79 Å². The van der Waals surface area contributed by atoms with Crippen molar-refractivity contribution in [1.82, 2.24) is 9.88 Å². The Bertz CT molecular complexity index is 1240. The van der Waals surface area contributed by atoms with Gasteiger partial charge in [0.15, 0.2) is 0 Å². The zero-order chi connectivity index (χ0) is 24.6. The second-order valence-electron chi connectivity index (χ2n) is 10.5. The van der Waals surface area contributed by atoms with Crippen LogP contribution in [0.4, 0.5) is 4.79 Å². The normalized spacial score (nSPS) is 21.5. The van der Waals surface area contributed by atoms with Crippen LogP contribution in [0.2, 0.25) is 0 Å². The molecule has 2 aromatic carbocycles. The highest BCUT2D eigenvalue weighted by molar-refractivity contribution is 5.71. The van der Waals surface area contributed by atoms with Gasteiger partial charge in [0.2, 0.25) is 5.56 Å². The number of hydrogen-bond donors (Lipinski definition) is 2. The summed E-state index contributed by atoms with van der Waals surface area (Å²) in [5, 5.41) is 10.6. The lowest BCUT2D eigenvalue weighted by Crippen LogP contribution is -2.51. The number of carbonyl (C=O) groups excluding carboxylic acids is 1. The van der Waals surface area contributed by atoms with Crippen LogP contribution in [0.25, 0.3) is 11.1 Å². The predicted molar refractivity (Wildman–Crippen MR) is 135 cm³/mol. The number of aromatic amines is 1. The van der Waals surface area contributed by atoms with Gasteiger partial charge in [-0.05, 0) is 60.9 Å². The van der Waals surface area contributed by atoms with Crippen molar-refractivity contribution in [3.63, 3.8) is 0 Å². The Hall–Kier alpha value is -3.38. The van der Waals surface area contributed by atoms with Crippen LogP contribution in [0.5, 0.6) is 0 Å². The number of aromatic nitrogens is 1. The first-order valence-electron chi connectivity index (χ1n) is 12.3. The number of aliphatic hydroxyl groups is 1. The van der Waals surface area contributed by atoms with E-state index in [1.54, 1.807) is 26.1 Å². The number of nitrogens with zero attached hydrogens (tertiary/aromatic N) is 1. The molecule has 5 rings (SSSR count). The molecule has 2 heterocycles. The van der Waals surface area contributed by atoms with Gasteiger partial charge in [0, 0.05) is 31.6 Å². The number of nitrogens with one attached hydrogen (secondary N) is 1. The molecule has 1 saturated carbocycles. The lowest BCUT2D eigenvalue weighted by Gasteiger charge is -2.46. The van der Waals surface area contributed by atoms with Gasteiger partial charge >= 0.3 is 6.09 Å². The van der Waals surface area contributed by atoms with Gasteiger partial charge in [-0.15, -0.1) is 0 Å². The third kappa shape index (κ3) is 5.03. The van der Waals surface area contributed by atoms with Gasteiger partial charge in [-0.2, -0.15) is 0 Å². The van der Waals surface area contributed by atoms with Gasteiger partial charge in [-0.3, -0.25) is 4.79 Å². The fraction of sp³-hybridized carbons (Fsp3) is 0.379. The quantitative estimate of drug-likeness (QED) is 0.483. The number of cyclic esters (lactones) is 1. The summed E-state index contributed by atoms with van der Waals surface area (Å²) < 4.78 is 6.22. The molecule has 1 saturated heterocycles. The summed E-state index contributed by atoms with van der Waals surface area (Å²) in [6.07, 6.45) is 4.42. The monoisotopic (exact) mass is 472 g/mol. The van der Waals surface area contributed by atoms with Crippen molar-refractivity contribution in [3.8, 4) is 11.1 Å². The number of ether oxygens (including phenoxy) is 1. The summed E-state index contributed by atoms with van der Waals surface area (Å²) in [5.74, 6) is 0.409. The van der Waals surface area contributed by atoms with Crippen LogP contribution in [0.3, 0.4) is 0 Å². The molecule has 0 bridgehead atoms. The summed E-state index contributed by atoms with van der Waals surface area (Å²) in [6.45, 7) is 4.07. The summed E-state index contributed by atoms with van der Waals surface area (Å²) in [4.78, 5) is 29.7. The third-order valence-electron chi connectivity index (χ3n) is 7.06. The third-order valence-corrected chi connectivity index (χ3v) is 7.06. The lowest BCUT2D eigenvalue weighted by atomic mass is 9.80. The fourth-order valence-corrected chi connectivity index (χ4v) is 5.41. The SMILES string of the molecule is CC(C)(O)C[C@]1(c2ccccc2)CCN([C@H](c2ccc(-c3cc[nH]c(=O)c3)cc2)C2CC2)C(=O)O1. The fourth-order valence-electron chi connectivity index (χ4n) is 5.41. The highest BCUT2D eigenvalue weighted by atomic mass is 16.6. The summed E-state index contributed by atoms with van der Waals surface area (Å²) in [7, 11) is 0. The topological polar surface area (TPSA) is 82.6 Å². The van der Waals surface area contributed by atoms with Gasteiger partial charge < -0.3 is 19.7 Å². The molecule has 182 valence electrons. The average Bonchev–Trinajstić information content (AvgIpc) is 3.66. The van der Waals surface area contributed by atoms with Crippen LogP contribution >= 0.6 is 0 Å². The van der Waals surface area contributed by atoms with Gasteiger partial charge in [0.1, 0.15) is 5.60 Å². The molecule has 2 aliphatic rings. The second kappa shape index (κ2) is 9.00. The average molecular weight is 473 g/mol. The maximum atomic E-state index is 13.5. The predicted octanol–water partition coefficient (Wildman–Crippen LogP) is 5.39. The van der Waals surface area contributed by atoms with Crippen LogP contribution in [-0.4, -0.2) is 33.2 Å².